The molecule has 152 valence electrons. The minimum Gasteiger partial charge on any atom is -0.494 e. The molecule has 10 heteroatoms. The van der Waals surface area contributed by atoms with Gasteiger partial charge in [0.1, 0.15) is 11.0 Å². The molecule has 0 radical (unpaired) electrons. The fraction of sp³-hybridized carbons (Fsp3) is 0.263. The molecule has 1 aromatic carbocycles. The Bertz CT molecular complexity index is 958. The van der Waals surface area contributed by atoms with Crippen LogP contribution in [-0.2, 0) is 9.59 Å². The highest BCUT2D eigenvalue weighted by Gasteiger charge is 2.35. The van der Waals surface area contributed by atoms with Crippen LogP contribution in [0.25, 0.3) is 0 Å². The molecular formula is C19H19BrN4O3S2. The number of amidine groups is 1. The van der Waals surface area contributed by atoms with Crippen molar-refractivity contribution in [2.24, 2.45) is 5.10 Å². The van der Waals surface area contributed by atoms with Crippen LogP contribution in [0.5, 0.6) is 5.75 Å². The third kappa shape index (κ3) is 5.46. The van der Waals surface area contributed by atoms with Gasteiger partial charge in [-0.2, -0.15) is 10.1 Å². The second-order valence-electron chi connectivity index (χ2n) is 6.06. The van der Waals surface area contributed by atoms with Crippen LogP contribution in [0.2, 0.25) is 0 Å². The topological polar surface area (TPSA) is 94.8 Å². The molecule has 2 aromatic rings. The molecule has 7 nitrogen and oxygen atoms in total. The van der Waals surface area contributed by atoms with E-state index in [9.17, 15) is 9.59 Å². The minimum absolute atomic E-state index is 0.0328. The lowest BCUT2D eigenvalue weighted by Gasteiger charge is -2.27. The maximum Gasteiger partial charge on any atom is 0.250 e. The van der Waals surface area contributed by atoms with Gasteiger partial charge in [0.2, 0.25) is 5.91 Å². The van der Waals surface area contributed by atoms with Crippen molar-refractivity contribution in [1.82, 2.24) is 5.01 Å². The molecule has 1 aliphatic rings. The number of nitrogens with zero attached hydrogens (tertiary/aromatic N) is 2. The fourth-order valence-electron chi connectivity index (χ4n) is 2.59. The van der Waals surface area contributed by atoms with E-state index in [4.69, 9.17) is 10.1 Å². The van der Waals surface area contributed by atoms with Gasteiger partial charge in [0, 0.05) is 11.8 Å². The number of carbonyl (C=O) groups excluding carboxylic acids is 2. The zero-order valence-corrected chi connectivity index (χ0v) is 19.0. The first-order valence-corrected chi connectivity index (χ1v) is 11.3. The molecule has 1 aromatic heterocycles. The van der Waals surface area contributed by atoms with E-state index in [1.165, 1.54) is 11.3 Å². The Morgan fingerprint density at radius 3 is 2.86 bits per heavy atom. The van der Waals surface area contributed by atoms with E-state index in [1.54, 1.807) is 31.2 Å². The number of carbonyl (C=O) groups is 2. The van der Waals surface area contributed by atoms with Crippen molar-refractivity contribution >= 4 is 67.4 Å². The quantitative estimate of drug-likeness (QED) is 0.576. The summed E-state index contributed by atoms with van der Waals surface area (Å²) in [6.45, 7) is 4.20. The van der Waals surface area contributed by atoms with Gasteiger partial charge < -0.3 is 10.1 Å². The van der Waals surface area contributed by atoms with E-state index in [-0.39, 0.29) is 23.4 Å². The predicted molar refractivity (Wildman–Crippen MR) is 121 cm³/mol. The molecular weight excluding hydrogens is 476 g/mol. The zero-order valence-electron chi connectivity index (χ0n) is 15.8. The van der Waals surface area contributed by atoms with Gasteiger partial charge in [-0.25, -0.2) is 0 Å². The van der Waals surface area contributed by atoms with Gasteiger partial charge in [-0.15, -0.1) is 11.3 Å². The molecule has 29 heavy (non-hydrogen) atoms. The van der Waals surface area contributed by atoms with Crippen molar-refractivity contribution in [1.29, 1.82) is 5.41 Å². The monoisotopic (exact) mass is 494 g/mol. The Morgan fingerprint density at radius 2 is 2.21 bits per heavy atom. The number of thiophene rings is 1. The van der Waals surface area contributed by atoms with Crippen molar-refractivity contribution < 1.29 is 14.3 Å². The lowest BCUT2D eigenvalue weighted by atomic mass is 10.2. The van der Waals surface area contributed by atoms with Crippen LogP contribution in [0.4, 0.5) is 5.69 Å². The Balaban J connectivity index is 1.66. The summed E-state index contributed by atoms with van der Waals surface area (Å²) < 4.78 is 6.39. The molecule has 1 atom stereocenters. The molecule has 1 fully saturated rings. The summed E-state index contributed by atoms with van der Waals surface area (Å²) in [7, 11) is 0. The summed E-state index contributed by atoms with van der Waals surface area (Å²) in [6, 6.07) is 10.9. The average molecular weight is 495 g/mol. The van der Waals surface area contributed by atoms with Crippen LogP contribution in [0.3, 0.4) is 0 Å². The maximum atomic E-state index is 12.6. The van der Waals surface area contributed by atoms with Gasteiger partial charge in [0.05, 0.1) is 27.4 Å². The smallest absolute Gasteiger partial charge is 0.250 e. The summed E-state index contributed by atoms with van der Waals surface area (Å²) in [5, 5.41) is 15.6. The van der Waals surface area contributed by atoms with E-state index < -0.39 is 5.25 Å². The molecule has 2 heterocycles. The third-order valence-corrected chi connectivity index (χ3v) is 6.72. The first kappa shape index (κ1) is 21.5. The zero-order chi connectivity index (χ0) is 21.0. The van der Waals surface area contributed by atoms with E-state index in [1.807, 2.05) is 19.1 Å². The summed E-state index contributed by atoms with van der Waals surface area (Å²) >= 11 is 5.91. The highest BCUT2D eigenvalue weighted by atomic mass is 79.9. The highest BCUT2D eigenvalue weighted by molar-refractivity contribution is 9.11. The number of benzene rings is 1. The van der Waals surface area contributed by atoms with Crippen LogP contribution >= 0.6 is 39.0 Å². The van der Waals surface area contributed by atoms with Crippen molar-refractivity contribution in [3.63, 3.8) is 0 Å². The molecule has 3 rings (SSSR count). The van der Waals surface area contributed by atoms with Crippen molar-refractivity contribution in [2.45, 2.75) is 25.5 Å². The van der Waals surface area contributed by atoms with Crippen molar-refractivity contribution in [2.75, 3.05) is 11.9 Å². The van der Waals surface area contributed by atoms with Crippen molar-refractivity contribution in [3.8, 4) is 5.75 Å². The molecule has 0 unspecified atom stereocenters. The molecule has 0 spiro atoms. The van der Waals surface area contributed by atoms with Gasteiger partial charge in [-0.3, -0.25) is 15.0 Å². The molecule has 0 saturated carbocycles. The van der Waals surface area contributed by atoms with Gasteiger partial charge in [-0.1, -0.05) is 17.8 Å². The third-order valence-electron chi connectivity index (χ3n) is 3.93. The number of rotatable bonds is 6. The second-order valence-corrected chi connectivity index (χ2v) is 9.72. The SMILES string of the molecule is CCOc1cccc(NC(=O)[C@H]2CC(=O)N(/N=C(/C)c3ccc(Br)s3)C(=N)S2)c1. The predicted octanol–water partition coefficient (Wildman–Crippen LogP) is 4.54. The fourth-order valence-corrected chi connectivity index (χ4v) is 4.82. The Kier molecular flexibility index (Phi) is 7.09. The second kappa shape index (κ2) is 9.55. The average Bonchev–Trinajstić information content (AvgIpc) is 3.11. The lowest BCUT2D eigenvalue weighted by Crippen LogP contribution is -2.42. The van der Waals surface area contributed by atoms with Crippen LogP contribution in [0.15, 0.2) is 45.3 Å². The molecule has 1 saturated heterocycles. The Morgan fingerprint density at radius 1 is 1.41 bits per heavy atom. The number of hydrazone groups is 1. The van der Waals surface area contributed by atoms with Crippen LogP contribution < -0.4 is 10.1 Å². The first-order valence-electron chi connectivity index (χ1n) is 8.80. The maximum absolute atomic E-state index is 12.6. The van der Waals surface area contributed by atoms with Crippen LogP contribution in [-0.4, -0.2) is 39.6 Å². The van der Waals surface area contributed by atoms with Gasteiger partial charge in [0.25, 0.3) is 5.91 Å². The summed E-state index contributed by atoms with van der Waals surface area (Å²) in [4.78, 5) is 26.0. The Labute approximate surface area is 185 Å². The first-order chi connectivity index (χ1) is 13.9. The number of hydrogen-bond donors (Lipinski definition) is 2. The number of thioether (sulfide) groups is 1. The number of amides is 2. The van der Waals surface area contributed by atoms with E-state index in [0.717, 1.165) is 25.4 Å². The van der Waals surface area contributed by atoms with E-state index in [0.29, 0.717) is 23.8 Å². The molecule has 2 N–H and O–H groups in total. The Hall–Kier alpha value is -2.17. The lowest BCUT2D eigenvalue weighted by molar-refractivity contribution is -0.129. The summed E-state index contributed by atoms with van der Waals surface area (Å²) in [6.07, 6.45) is -0.0328. The number of ether oxygens (including phenoxy) is 1. The number of anilines is 1. The number of hydrogen-bond acceptors (Lipinski definition) is 7. The molecule has 0 bridgehead atoms. The van der Waals surface area contributed by atoms with E-state index >= 15 is 0 Å². The van der Waals surface area contributed by atoms with Gasteiger partial charge in [0.15, 0.2) is 5.17 Å². The number of nitrogens with one attached hydrogen (secondary N) is 2. The van der Waals surface area contributed by atoms with Crippen LogP contribution in [0.1, 0.15) is 25.1 Å². The standard InChI is InChI=1S/C19H19BrN4O3S2/c1-3-27-13-6-4-5-12(9-13)22-18(26)15-10-17(25)24(19(21)29-15)23-11(2)14-7-8-16(20)28-14/h4-9,15,21H,3,10H2,1-2H3,(H,22,26)/b21-19?,23-11-/t15-/m1/s1. The highest BCUT2D eigenvalue weighted by Crippen LogP contribution is 2.29. The summed E-state index contributed by atoms with van der Waals surface area (Å²) in [5.74, 6) is -0.0576. The number of halogens is 1. The molecule has 2 amide bonds. The van der Waals surface area contributed by atoms with Gasteiger partial charge >= 0.3 is 0 Å². The largest absolute Gasteiger partial charge is 0.494 e. The molecule has 0 aliphatic carbocycles. The van der Waals surface area contributed by atoms with Gasteiger partial charge in [-0.05, 0) is 54.0 Å². The van der Waals surface area contributed by atoms with E-state index in [2.05, 4.69) is 26.3 Å². The van der Waals surface area contributed by atoms with Crippen LogP contribution in [0, 0.1) is 5.41 Å². The minimum atomic E-state index is -0.687. The van der Waals surface area contributed by atoms with Crippen molar-refractivity contribution in [3.05, 3.63) is 45.1 Å². The normalized spacial score (nSPS) is 17.4. The summed E-state index contributed by atoms with van der Waals surface area (Å²) in [5.41, 5.74) is 1.22. The molecule has 1 aliphatic heterocycles.